The van der Waals surface area contributed by atoms with E-state index in [9.17, 15) is 4.79 Å². The molecule has 0 radical (unpaired) electrons. The summed E-state index contributed by atoms with van der Waals surface area (Å²) in [6, 6.07) is 0.235. The van der Waals surface area contributed by atoms with Crippen molar-refractivity contribution in [3.8, 4) is 24.8 Å². The Morgan fingerprint density at radius 2 is 1.55 bits per heavy atom. The molecule has 3 N–H and O–H groups in total. The van der Waals surface area contributed by atoms with Crippen LogP contribution in [0.2, 0.25) is 0 Å². The number of hydrogen-bond acceptors (Lipinski definition) is 8. The summed E-state index contributed by atoms with van der Waals surface area (Å²) in [7, 11) is 0. The maximum absolute atomic E-state index is 11.0. The summed E-state index contributed by atoms with van der Waals surface area (Å²) in [4.78, 5) is 11.0. The molecule has 31 heavy (non-hydrogen) atoms. The molecule has 2 aliphatic carbocycles. The minimum atomic E-state index is 0.0893. The quantitative estimate of drug-likeness (QED) is 0.459. The minimum Gasteiger partial charge on any atom is -0.323 e. The highest BCUT2D eigenvalue weighted by molar-refractivity contribution is 5.91. The van der Waals surface area contributed by atoms with Gasteiger partial charge in [0.25, 0.3) is 0 Å². The smallest absolute Gasteiger partial charge is 0.190 e. The Bertz CT molecular complexity index is 790. The predicted molar refractivity (Wildman–Crippen MR) is 118 cm³/mol. The van der Waals surface area contributed by atoms with Crippen LogP contribution in [0.4, 0.5) is 0 Å². The summed E-state index contributed by atoms with van der Waals surface area (Å²) in [6.07, 6.45) is 13.4. The zero-order chi connectivity index (χ0) is 24.1. The van der Waals surface area contributed by atoms with Crippen molar-refractivity contribution in [1.82, 2.24) is 16.0 Å². The molecule has 0 amide bonds. The van der Waals surface area contributed by atoms with E-state index in [0.29, 0.717) is 13.0 Å². The summed E-state index contributed by atoms with van der Waals surface area (Å²) in [5, 5.41) is 39.6. The van der Waals surface area contributed by atoms with Gasteiger partial charge in [0.15, 0.2) is 30.6 Å². The van der Waals surface area contributed by atoms with Gasteiger partial charge in [-0.3, -0.25) is 4.79 Å². The van der Waals surface area contributed by atoms with Gasteiger partial charge in [-0.1, -0.05) is 40.2 Å². The maximum Gasteiger partial charge on any atom is 0.190 e. The van der Waals surface area contributed by atoms with E-state index in [1.165, 1.54) is 18.0 Å². The third-order valence-corrected chi connectivity index (χ3v) is 5.24. The topological polar surface area (TPSA) is 148 Å². The first-order valence-electron chi connectivity index (χ1n) is 10.3. The molecule has 2 aliphatic rings. The molecule has 0 saturated heterocycles. The number of nitrogens with one attached hydrogen (secondary N) is 3. The molecule has 0 spiro atoms. The van der Waals surface area contributed by atoms with E-state index in [2.05, 4.69) is 45.3 Å². The molecule has 0 aromatic carbocycles. The number of carbonyl (C=O) groups excluding carboxylic acids is 1. The van der Waals surface area contributed by atoms with Gasteiger partial charge < -0.3 is 10.6 Å². The number of ketones is 1. The molecular weight excluding hydrogens is 390 g/mol. The van der Waals surface area contributed by atoms with Gasteiger partial charge in [0, 0.05) is 19.0 Å². The van der Waals surface area contributed by atoms with E-state index >= 15 is 0 Å². The third-order valence-electron chi connectivity index (χ3n) is 5.24. The van der Waals surface area contributed by atoms with Gasteiger partial charge >= 0.3 is 0 Å². The van der Waals surface area contributed by atoms with Crippen molar-refractivity contribution in [3.05, 3.63) is 11.6 Å². The maximum atomic E-state index is 11.0. The zero-order valence-electron chi connectivity index (χ0n) is 19.6. The Hall–Kier alpha value is -3.23. The van der Waals surface area contributed by atoms with Crippen molar-refractivity contribution >= 4 is 5.78 Å². The number of nitriles is 4. The largest absolute Gasteiger partial charge is 0.323 e. The molecule has 8 nitrogen and oxygen atoms in total. The summed E-state index contributed by atoms with van der Waals surface area (Å²) in [5.74, 6) is 0.286. The average molecular weight is 426 g/mol. The number of carbonyl (C=O) groups is 1. The fourth-order valence-corrected chi connectivity index (χ4v) is 4.91. The van der Waals surface area contributed by atoms with Crippen LogP contribution in [-0.2, 0) is 4.79 Å². The lowest BCUT2D eigenvalue weighted by Crippen LogP contribution is -2.46. The molecule has 0 heterocycles. The lowest BCUT2D eigenvalue weighted by Gasteiger charge is -2.46. The molecular formula is C23H35N7O. The van der Waals surface area contributed by atoms with Crippen molar-refractivity contribution in [3.63, 3.8) is 0 Å². The zero-order valence-corrected chi connectivity index (χ0v) is 19.6. The van der Waals surface area contributed by atoms with Crippen LogP contribution in [0.1, 0.15) is 73.6 Å². The van der Waals surface area contributed by atoms with Gasteiger partial charge in [-0.25, -0.2) is 5.32 Å². The second-order valence-corrected chi connectivity index (χ2v) is 10.3. The van der Waals surface area contributed by atoms with Crippen LogP contribution < -0.4 is 16.0 Å². The molecule has 0 aromatic heterocycles. The molecule has 168 valence electrons. The van der Waals surface area contributed by atoms with E-state index in [4.69, 9.17) is 21.0 Å². The van der Waals surface area contributed by atoms with Crippen LogP contribution >= 0.6 is 0 Å². The first-order valence-corrected chi connectivity index (χ1v) is 10.3. The Balaban J connectivity index is 0.000000509. The Morgan fingerprint density at radius 3 is 1.97 bits per heavy atom. The Morgan fingerprint density at radius 1 is 0.935 bits per heavy atom. The van der Waals surface area contributed by atoms with Crippen LogP contribution in [0, 0.1) is 62.1 Å². The highest BCUT2D eigenvalue weighted by Gasteiger charge is 2.41. The van der Waals surface area contributed by atoms with Gasteiger partial charge in [-0.05, 0) is 54.9 Å². The second kappa shape index (κ2) is 12.5. The highest BCUT2D eigenvalue weighted by Crippen LogP contribution is 2.45. The third kappa shape index (κ3) is 12.1. The number of hydrogen-bond donors (Lipinski definition) is 3. The van der Waals surface area contributed by atoms with E-state index < -0.39 is 0 Å². The van der Waals surface area contributed by atoms with Crippen LogP contribution in [0.25, 0.3) is 0 Å². The van der Waals surface area contributed by atoms with Crippen LogP contribution in [0.3, 0.4) is 0 Å². The molecule has 0 aromatic rings. The van der Waals surface area contributed by atoms with E-state index in [1.807, 2.05) is 19.3 Å². The van der Waals surface area contributed by atoms with Crippen molar-refractivity contribution in [2.45, 2.75) is 79.7 Å². The molecule has 0 bridgehead atoms. The fraction of sp³-hybridized carbons (Fsp3) is 0.696. The van der Waals surface area contributed by atoms with Crippen LogP contribution in [-0.4, -0.2) is 18.4 Å². The van der Waals surface area contributed by atoms with Gasteiger partial charge in [-0.2, -0.15) is 21.0 Å². The van der Waals surface area contributed by atoms with E-state index in [0.717, 1.165) is 25.7 Å². The lowest BCUT2D eigenvalue weighted by molar-refractivity contribution is -0.117. The molecule has 1 saturated carbocycles. The van der Waals surface area contributed by atoms with Gasteiger partial charge in [0.2, 0.25) is 0 Å². The van der Waals surface area contributed by atoms with Crippen molar-refractivity contribution < 1.29 is 4.79 Å². The standard InChI is InChI=1S/C12H20N4.C9H14O.C2HN3/c1-11(2)4-10(16-9-14)5-12(3,6-11)7-15-8-13;1-7-4-8(10)6-9(2,3)5-7;3-1-5-2-4/h10,15-16H,4-7H2,1-3H3;4H,5-6H2,1-3H3;5H. The first kappa shape index (κ1) is 27.8. The van der Waals surface area contributed by atoms with E-state index in [-0.39, 0.29) is 28.1 Å². The molecule has 8 heteroatoms. The Kier molecular flexibility index (Phi) is 11.2. The van der Waals surface area contributed by atoms with E-state index in [1.54, 1.807) is 11.4 Å². The summed E-state index contributed by atoms with van der Waals surface area (Å²) < 4.78 is 0. The van der Waals surface area contributed by atoms with Crippen LogP contribution in [0.15, 0.2) is 11.6 Å². The Labute approximate surface area is 186 Å². The van der Waals surface area contributed by atoms with Gasteiger partial charge in [0.05, 0.1) is 0 Å². The monoisotopic (exact) mass is 425 g/mol. The first-order chi connectivity index (χ1) is 14.3. The number of allylic oxidation sites excluding steroid dienone is 2. The summed E-state index contributed by atoms with van der Waals surface area (Å²) in [5.41, 5.74) is 1.74. The van der Waals surface area contributed by atoms with Gasteiger partial charge in [0.1, 0.15) is 0 Å². The van der Waals surface area contributed by atoms with Crippen molar-refractivity contribution in [2.24, 2.45) is 16.2 Å². The average Bonchev–Trinajstić information content (AvgIpc) is 2.58. The summed E-state index contributed by atoms with van der Waals surface area (Å²) in [6.45, 7) is 13.6. The van der Waals surface area contributed by atoms with Crippen molar-refractivity contribution in [1.29, 1.82) is 21.0 Å². The second-order valence-electron chi connectivity index (χ2n) is 10.3. The number of nitrogens with zero attached hydrogens (tertiary/aromatic N) is 4. The molecule has 2 rings (SSSR count). The molecule has 1 fully saturated rings. The summed E-state index contributed by atoms with van der Waals surface area (Å²) >= 11 is 0. The van der Waals surface area contributed by atoms with Crippen molar-refractivity contribution in [2.75, 3.05) is 6.54 Å². The highest BCUT2D eigenvalue weighted by atomic mass is 16.1. The lowest BCUT2D eigenvalue weighted by atomic mass is 9.62. The van der Waals surface area contributed by atoms with Gasteiger partial charge in [-0.15, -0.1) is 0 Å². The molecule has 2 atom stereocenters. The predicted octanol–water partition coefficient (Wildman–Crippen LogP) is 3.57. The SMILES string of the molecule is CC1(C)CC(NC#N)CC(C)(CNC#N)C1.CC1=CC(=O)CC(C)(C)C1.N#CNC#N. The molecule has 2 unspecified atom stereocenters. The molecule has 0 aliphatic heterocycles. The van der Waals surface area contributed by atoms with Crippen LogP contribution in [0.5, 0.6) is 0 Å². The minimum absolute atomic E-state index is 0.0893. The fourth-order valence-electron chi connectivity index (χ4n) is 4.91. The number of rotatable bonds is 3. The normalized spacial score (nSPS) is 25.0.